The van der Waals surface area contributed by atoms with Crippen LogP contribution < -0.4 is 5.11 Å². The van der Waals surface area contributed by atoms with E-state index in [0.717, 1.165) is 83.5 Å². The summed E-state index contributed by atoms with van der Waals surface area (Å²) in [6.45, 7) is 4.52. The first-order chi connectivity index (χ1) is 28.1. The number of rotatable bonds is 41. The maximum Gasteiger partial charge on any atom is 0.306 e. The molecule has 0 radical (unpaired) electrons. The number of unbranched alkanes of at least 4 members (excludes halogenated alkanes) is 17. The first kappa shape index (κ1) is 55.0. The number of aliphatic carboxylic acids is 1. The number of ether oxygens (including phenoxy) is 3. The molecule has 0 aliphatic rings. The van der Waals surface area contributed by atoms with Gasteiger partial charge >= 0.3 is 11.9 Å². The van der Waals surface area contributed by atoms with Crippen LogP contribution in [0, 0.1) is 0 Å². The Bertz CT molecular complexity index is 1130. The number of carbonyl (C=O) groups is 3. The Hall–Kier alpha value is -2.97. The van der Waals surface area contributed by atoms with Crippen molar-refractivity contribution >= 4 is 17.9 Å². The second-order valence-corrected chi connectivity index (χ2v) is 16.6. The van der Waals surface area contributed by atoms with Gasteiger partial charge in [-0.1, -0.05) is 171 Å². The molecular formula is C50H87NO7. The zero-order valence-corrected chi connectivity index (χ0v) is 37.9. The quantitative estimate of drug-likeness (QED) is 0.0262. The third kappa shape index (κ3) is 38.5. The predicted molar refractivity (Wildman–Crippen MR) is 240 cm³/mol. The monoisotopic (exact) mass is 814 g/mol. The largest absolute Gasteiger partial charge is 0.544 e. The van der Waals surface area contributed by atoms with E-state index in [1.165, 1.54) is 70.6 Å². The van der Waals surface area contributed by atoms with Crippen LogP contribution in [-0.2, 0) is 28.6 Å². The Labute approximate surface area is 356 Å². The average Bonchev–Trinajstić information content (AvgIpc) is 3.18. The number of likely N-dealkylation sites (N-methyl/N-ethyl adjacent to an activating group) is 1. The van der Waals surface area contributed by atoms with Crippen molar-refractivity contribution in [3.05, 3.63) is 60.8 Å². The van der Waals surface area contributed by atoms with Gasteiger partial charge in [-0.3, -0.25) is 9.59 Å². The van der Waals surface area contributed by atoms with Crippen molar-refractivity contribution in [1.29, 1.82) is 0 Å². The number of hydrogen-bond donors (Lipinski definition) is 0. The lowest BCUT2D eigenvalue weighted by molar-refractivity contribution is -0.889. The molecule has 334 valence electrons. The summed E-state index contributed by atoms with van der Waals surface area (Å²) in [6.07, 6.45) is 49.5. The zero-order chi connectivity index (χ0) is 42.8. The summed E-state index contributed by atoms with van der Waals surface area (Å²) in [5, 5.41) is 11.6. The highest BCUT2D eigenvalue weighted by Crippen LogP contribution is 2.15. The molecule has 0 aromatic rings. The zero-order valence-electron chi connectivity index (χ0n) is 37.9. The number of esters is 2. The van der Waals surface area contributed by atoms with Gasteiger partial charge in [0.25, 0.3) is 0 Å². The molecule has 0 aromatic carbocycles. The SMILES string of the molecule is CC/C=C/C/C=C/C/C=C/C/C=C/C/C=C/CCCCCCC(=O)OCC(COCCC(C(=O)[O-])[N+](C)(C)C)OC(=O)CCCCCCCCCCCCCCCC. The number of carboxylic acid groups (broad SMARTS) is 1. The molecule has 2 unspecified atom stereocenters. The van der Waals surface area contributed by atoms with Crippen molar-refractivity contribution in [2.45, 2.75) is 199 Å². The molecule has 8 heteroatoms. The molecule has 8 nitrogen and oxygen atoms in total. The van der Waals surface area contributed by atoms with Gasteiger partial charge < -0.3 is 28.6 Å². The molecule has 0 saturated heterocycles. The van der Waals surface area contributed by atoms with Crippen molar-refractivity contribution in [2.75, 3.05) is 41.0 Å². The highest BCUT2D eigenvalue weighted by molar-refractivity contribution is 5.70. The van der Waals surface area contributed by atoms with Gasteiger partial charge in [0, 0.05) is 19.3 Å². The summed E-state index contributed by atoms with van der Waals surface area (Å²) < 4.78 is 17.2. The molecule has 0 amide bonds. The topological polar surface area (TPSA) is 102 Å². The van der Waals surface area contributed by atoms with Crippen LogP contribution in [0.15, 0.2) is 60.8 Å². The van der Waals surface area contributed by atoms with Gasteiger partial charge in [0.1, 0.15) is 12.6 Å². The Kier molecular flexibility index (Phi) is 38.7. The van der Waals surface area contributed by atoms with Crippen molar-refractivity contribution < 1.29 is 38.2 Å². The molecule has 2 atom stereocenters. The minimum Gasteiger partial charge on any atom is -0.544 e. The van der Waals surface area contributed by atoms with E-state index >= 15 is 0 Å². The lowest BCUT2D eigenvalue weighted by Gasteiger charge is -2.34. The molecule has 0 rings (SSSR count). The molecule has 0 spiro atoms. The van der Waals surface area contributed by atoms with E-state index in [4.69, 9.17) is 14.2 Å². The molecule has 0 bridgehead atoms. The molecule has 0 aliphatic carbocycles. The van der Waals surface area contributed by atoms with Crippen molar-refractivity contribution in [1.82, 2.24) is 0 Å². The summed E-state index contributed by atoms with van der Waals surface area (Å²) in [4.78, 5) is 36.9. The van der Waals surface area contributed by atoms with Crippen LogP contribution in [0.3, 0.4) is 0 Å². The fraction of sp³-hybridized carbons (Fsp3) is 0.740. The second kappa shape index (κ2) is 40.8. The number of quaternary nitrogens is 1. The van der Waals surface area contributed by atoms with Crippen LogP contribution in [0.1, 0.15) is 187 Å². The third-order valence-electron chi connectivity index (χ3n) is 10.2. The van der Waals surface area contributed by atoms with Crippen LogP contribution in [0.4, 0.5) is 0 Å². The van der Waals surface area contributed by atoms with E-state index < -0.39 is 18.1 Å². The fourth-order valence-electron chi connectivity index (χ4n) is 6.57. The van der Waals surface area contributed by atoms with E-state index in [9.17, 15) is 19.5 Å². The molecule has 58 heavy (non-hydrogen) atoms. The Balaban J connectivity index is 4.35. The van der Waals surface area contributed by atoms with E-state index in [0.29, 0.717) is 12.8 Å². The highest BCUT2D eigenvalue weighted by atomic mass is 16.6. The molecule has 0 fully saturated rings. The van der Waals surface area contributed by atoms with Crippen molar-refractivity contribution in [2.24, 2.45) is 0 Å². The van der Waals surface area contributed by atoms with Gasteiger partial charge in [0.15, 0.2) is 6.10 Å². The normalized spacial score (nSPS) is 13.5. The summed E-state index contributed by atoms with van der Waals surface area (Å²) in [5.41, 5.74) is 0. The lowest BCUT2D eigenvalue weighted by atomic mass is 10.0. The highest BCUT2D eigenvalue weighted by Gasteiger charge is 2.25. The van der Waals surface area contributed by atoms with E-state index in [1.807, 2.05) is 0 Å². The predicted octanol–water partition coefficient (Wildman–Crippen LogP) is 11.6. The molecular weight excluding hydrogens is 727 g/mol. The number of allylic oxidation sites excluding steroid dienone is 10. The Morgan fingerprint density at radius 3 is 1.43 bits per heavy atom. The number of hydrogen-bond acceptors (Lipinski definition) is 7. The third-order valence-corrected chi connectivity index (χ3v) is 10.2. The number of carbonyl (C=O) groups excluding carboxylic acids is 3. The first-order valence-electron chi connectivity index (χ1n) is 23.3. The van der Waals surface area contributed by atoms with Crippen LogP contribution in [-0.4, -0.2) is 75.5 Å². The second-order valence-electron chi connectivity index (χ2n) is 16.6. The van der Waals surface area contributed by atoms with Gasteiger partial charge in [-0.25, -0.2) is 0 Å². The van der Waals surface area contributed by atoms with E-state index in [1.54, 1.807) is 21.1 Å². The minimum atomic E-state index is -1.13. The first-order valence-corrected chi connectivity index (χ1v) is 23.3. The molecule has 0 aliphatic heterocycles. The van der Waals surface area contributed by atoms with E-state index in [-0.39, 0.29) is 42.7 Å². The summed E-state index contributed by atoms with van der Waals surface area (Å²) in [6, 6.07) is -0.730. The fourth-order valence-corrected chi connectivity index (χ4v) is 6.57. The maximum atomic E-state index is 12.7. The van der Waals surface area contributed by atoms with Crippen molar-refractivity contribution in [3.63, 3.8) is 0 Å². The Morgan fingerprint density at radius 1 is 0.534 bits per heavy atom. The Morgan fingerprint density at radius 2 is 0.966 bits per heavy atom. The summed E-state index contributed by atoms with van der Waals surface area (Å²) in [7, 11) is 5.40. The summed E-state index contributed by atoms with van der Waals surface area (Å²) in [5.74, 6) is -1.77. The van der Waals surface area contributed by atoms with Gasteiger partial charge in [-0.15, -0.1) is 0 Å². The number of nitrogens with zero attached hydrogens (tertiary/aromatic N) is 1. The van der Waals surface area contributed by atoms with Gasteiger partial charge in [-0.05, 0) is 57.8 Å². The van der Waals surface area contributed by atoms with Gasteiger partial charge in [-0.2, -0.15) is 0 Å². The minimum absolute atomic E-state index is 0.0322. The average molecular weight is 814 g/mol. The smallest absolute Gasteiger partial charge is 0.306 e. The summed E-state index contributed by atoms with van der Waals surface area (Å²) >= 11 is 0. The lowest BCUT2D eigenvalue weighted by Crippen LogP contribution is -2.55. The van der Waals surface area contributed by atoms with Crippen molar-refractivity contribution in [3.8, 4) is 0 Å². The standard InChI is InChI=1S/C50H87NO7/c1-6-8-10-12-14-16-18-20-22-23-24-25-26-27-29-30-32-34-36-38-40-48(52)57-45-46(44-56-43-42-47(50(54)55)51(3,4)5)58-49(53)41-39-37-35-33-31-28-21-19-17-15-13-11-9-7-2/h8,10,14,16,20,22,24-25,27,29,46-47H,6-7,9,11-13,15,17-19,21,23,26,28,30-45H2,1-5H3/b10-8+,16-14+,22-20+,25-24+,29-27+. The van der Waals surface area contributed by atoms with Crippen LogP contribution in [0.5, 0.6) is 0 Å². The van der Waals surface area contributed by atoms with Gasteiger partial charge in [0.05, 0.1) is 40.3 Å². The molecule has 0 N–H and O–H groups in total. The number of carboxylic acids is 1. The van der Waals surface area contributed by atoms with Gasteiger partial charge in [0.2, 0.25) is 0 Å². The van der Waals surface area contributed by atoms with Crippen LogP contribution in [0.2, 0.25) is 0 Å². The van der Waals surface area contributed by atoms with E-state index in [2.05, 4.69) is 74.6 Å². The molecule has 0 saturated carbocycles. The molecule has 0 aromatic heterocycles. The molecule has 0 heterocycles. The van der Waals surface area contributed by atoms with Crippen LogP contribution in [0.25, 0.3) is 0 Å². The maximum absolute atomic E-state index is 12.7. The van der Waals surface area contributed by atoms with Crippen LogP contribution >= 0.6 is 0 Å².